The lowest BCUT2D eigenvalue weighted by atomic mass is 9.91. The van der Waals surface area contributed by atoms with E-state index in [1.165, 1.54) is 0 Å². The molecule has 1 saturated heterocycles. The maximum atomic E-state index is 13.6. The summed E-state index contributed by atoms with van der Waals surface area (Å²) in [5.74, 6) is 1.99. The number of carbonyl (C=O) groups is 2. The predicted octanol–water partition coefficient (Wildman–Crippen LogP) is 5.42. The quantitative estimate of drug-likeness (QED) is 0.128. The summed E-state index contributed by atoms with van der Waals surface area (Å²) in [6.07, 6.45) is 3.90. The minimum absolute atomic E-state index is 0.0385. The molecule has 1 aliphatic rings. The van der Waals surface area contributed by atoms with Crippen LogP contribution in [0.3, 0.4) is 0 Å². The zero-order valence-corrected chi connectivity index (χ0v) is 23.7. The van der Waals surface area contributed by atoms with Gasteiger partial charge >= 0.3 is 5.97 Å². The number of benzene rings is 3. The highest BCUT2D eigenvalue weighted by Gasteiger charge is 2.25. The van der Waals surface area contributed by atoms with E-state index >= 15 is 0 Å². The molecule has 0 spiro atoms. The van der Waals surface area contributed by atoms with Crippen LogP contribution in [0.1, 0.15) is 60.5 Å². The molecule has 1 heterocycles. The molecule has 1 amide bonds. The smallest absolute Gasteiger partial charge is 0.305 e. The first-order valence-electron chi connectivity index (χ1n) is 14.1. The monoisotopic (exact) mass is 571 g/mol. The number of nitrogen functional groups attached to an aromatic ring is 2. The number of rotatable bonds is 12. The van der Waals surface area contributed by atoms with Crippen molar-refractivity contribution >= 4 is 23.5 Å². The van der Waals surface area contributed by atoms with Gasteiger partial charge in [-0.1, -0.05) is 0 Å². The molecule has 10 nitrogen and oxygen atoms in total. The summed E-state index contributed by atoms with van der Waals surface area (Å²) in [5.41, 5.74) is 12.7. The fourth-order valence-electron chi connectivity index (χ4n) is 4.87. The number of carbonyl (C=O) groups excluding carboxylic acids is 2. The molecule has 3 aromatic carbocycles. The molecule has 10 heteroatoms. The largest absolute Gasteiger partial charge is 0.466 e. The highest BCUT2D eigenvalue weighted by molar-refractivity contribution is 5.96. The van der Waals surface area contributed by atoms with Gasteiger partial charge in [-0.2, -0.15) is 0 Å². The number of hydrogen-bond acceptors (Lipinski definition) is 7. The summed E-state index contributed by atoms with van der Waals surface area (Å²) < 4.78 is 17.2. The first-order valence-corrected chi connectivity index (χ1v) is 14.1. The van der Waals surface area contributed by atoms with Crippen molar-refractivity contribution in [1.29, 1.82) is 10.8 Å². The van der Waals surface area contributed by atoms with Crippen LogP contribution in [0, 0.1) is 16.7 Å². The van der Waals surface area contributed by atoms with Crippen molar-refractivity contribution < 1.29 is 23.8 Å². The third kappa shape index (κ3) is 8.33. The highest BCUT2D eigenvalue weighted by atomic mass is 16.5. The molecule has 6 N–H and O–H groups in total. The van der Waals surface area contributed by atoms with Crippen LogP contribution in [0.4, 0.5) is 0 Å². The van der Waals surface area contributed by atoms with Crippen LogP contribution >= 0.6 is 0 Å². The minimum Gasteiger partial charge on any atom is -0.466 e. The second-order valence-corrected chi connectivity index (χ2v) is 10.2. The molecule has 3 aromatic rings. The van der Waals surface area contributed by atoms with Crippen LogP contribution in [-0.2, 0) is 9.53 Å². The van der Waals surface area contributed by atoms with E-state index in [0.717, 1.165) is 25.7 Å². The van der Waals surface area contributed by atoms with Gasteiger partial charge in [0.15, 0.2) is 0 Å². The van der Waals surface area contributed by atoms with E-state index in [9.17, 15) is 9.59 Å². The van der Waals surface area contributed by atoms with Gasteiger partial charge in [-0.15, -0.1) is 0 Å². The van der Waals surface area contributed by atoms with Gasteiger partial charge in [-0.05, 0) is 99.2 Å². The van der Waals surface area contributed by atoms with Gasteiger partial charge in [0.25, 0.3) is 5.91 Å². The lowest BCUT2D eigenvalue weighted by Gasteiger charge is -2.32. The van der Waals surface area contributed by atoms with Gasteiger partial charge in [0.05, 0.1) is 6.61 Å². The number of ether oxygens (including phenoxy) is 3. The fourth-order valence-corrected chi connectivity index (χ4v) is 4.87. The summed E-state index contributed by atoms with van der Waals surface area (Å²) in [6.45, 7) is 3.46. The second kappa shape index (κ2) is 14.2. The molecule has 0 radical (unpaired) electrons. The Bertz CT molecular complexity index is 1340. The zero-order valence-electron chi connectivity index (χ0n) is 23.7. The Kier molecular flexibility index (Phi) is 10.1. The van der Waals surface area contributed by atoms with Crippen molar-refractivity contribution in [3.63, 3.8) is 0 Å². The summed E-state index contributed by atoms with van der Waals surface area (Å²) in [6, 6.07) is 18.7. The van der Waals surface area contributed by atoms with E-state index in [1.54, 1.807) is 73.7 Å². The zero-order chi connectivity index (χ0) is 30.1. The summed E-state index contributed by atoms with van der Waals surface area (Å²) in [5, 5.41) is 15.2. The van der Waals surface area contributed by atoms with Crippen molar-refractivity contribution in [2.75, 3.05) is 19.7 Å². The van der Waals surface area contributed by atoms with E-state index in [2.05, 4.69) is 0 Å². The van der Waals surface area contributed by atoms with Crippen molar-refractivity contribution in [3.8, 4) is 23.0 Å². The number of nitrogens with zero attached hydrogens (tertiary/aromatic N) is 1. The van der Waals surface area contributed by atoms with Crippen LogP contribution in [0.15, 0.2) is 66.7 Å². The Morgan fingerprint density at radius 1 is 0.786 bits per heavy atom. The summed E-state index contributed by atoms with van der Waals surface area (Å²) >= 11 is 0. The van der Waals surface area contributed by atoms with E-state index in [-0.39, 0.29) is 23.5 Å². The van der Waals surface area contributed by atoms with Crippen LogP contribution in [0.2, 0.25) is 0 Å². The van der Waals surface area contributed by atoms with E-state index < -0.39 is 0 Å². The van der Waals surface area contributed by atoms with Crippen molar-refractivity contribution in [3.05, 3.63) is 83.4 Å². The molecular formula is C32H37N5O5. The number of nitrogens with one attached hydrogen (secondary N) is 2. The molecule has 1 aliphatic heterocycles. The SMILES string of the molecule is CCOC(=O)CCCC1CCN(C(=O)c2cc(Oc3ccc(C(=N)N)cc3)cc(Oc3ccc(C(=N)N)cc3)c2)CC1. The standard InChI is InChI=1S/C32H37N5O5/c1-2-40-29(38)5-3-4-21-14-16-37(17-15-21)32(39)24-18-27(41-25-10-6-22(7-11-25)30(33)34)20-28(19-24)42-26-12-8-23(9-13-26)31(35)36/h6-13,18-21H,2-5,14-17H2,1H3,(H3,33,34)(H3,35,36). The first-order chi connectivity index (χ1) is 20.2. The number of esters is 1. The Labute approximate surface area is 245 Å². The van der Waals surface area contributed by atoms with Gasteiger partial charge in [-0.25, -0.2) is 0 Å². The lowest BCUT2D eigenvalue weighted by Crippen LogP contribution is -2.38. The predicted molar refractivity (Wildman–Crippen MR) is 161 cm³/mol. The molecule has 0 atom stereocenters. The normalized spacial score (nSPS) is 13.3. The average molecular weight is 572 g/mol. The van der Waals surface area contributed by atoms with Crippen LogP contribution in [-0.4, -0.2) is 48.1 Å². The van der Waals surface area contributed by atoms with Crippen LogP contribution in [0.5, 0.6) is 23.0 Å². The Hall–Kier alpha value is -4.86. The summed E-state index contributed by atoms with van der Waals surface area (Å²) in [7, 11) is 0. The van der Waals surface area contributed by atoms with Crippen molar-refractivity contribution in [2.24, 2.45) is 17.4 Å². The minimum atomic E-state index is -0.158. The van der Waals surface area contributed by atoms with E-state index in [0.29, 0.717) is 71.7 Å². The number of piperidine rings is 1. The fraction of sp³-hybridized carbons (Fsp3) is 0.312. The molecule has 220 valence electrons. The van der Waals surface area contributed by atoms with Gasteiger partial charge in [0.1, 0.15) is 34.7 Å². The average Bonchev–Trinajstić information content (AvgIpc) is 2.98. The Morgan fingerprint density at radius 3 is 1.74 bits per heavy atom. The third-order valence-corrected chi connectivity index (χ3v) is 7.13. The second-order valence-electron chi connectivity index (χ2n) is 10.2. The topological polar surface area (TPSA) is 165 Å². The molecule has 1 fully saturated rings. The number of nitrogens with two attached hydrogens (primary N) is 2. The maximum Gasteiger partial charge on any atom is 0.305 e. The molecule has 0 unspecified atom stereocenters. The molecule has 0 aromatic heterocycles. The molecule has 0 aliphatic carbocycles. The number of amidine groups is 2. The van der Waals surface area contributed by atoms with Crippen molar-refractivity contribution in [1.82, 2.24) is 4.90 Å². The van der Waals surface area contributed by atoms with Gasteiger partial charge < -0.3 is 30.6 Å². The number of amides is 1. The van der Waals surface area contributed by atoms with Gasteiger partial charge in [-0.3, -0.25) is 20.4 Å². The Morgan fingerprint density at radius 2 is 1.29 bits per heavy atom. The van der Waals surface area contributed by atoms with Crippen molar-refractivity contribution in [2.45, 2.75) is 39.0 Å². The third-order valence-electron chi connectivity index (χ3n) is 7.13. The lowest BCUT2D eigenvalue weighted by molar-refractivity contribution is -0.143. The maximum absolute atomic E-state index is 13.6. The first kappa shape index (κ1) is 30.1. The highest BCUT2D eigenvalue weighted by Crippen LogP contribution is 2.32. The molecular weight excluding hydrogens is 534 g/mol. The number of likely N-dealkylation sites (tertiary alicyclic amines) is 1. The molecule has 0 bridgehead atoms. The summed E-state index contributed by atoms with van der Waals surface area (Å²) in [4.78, 5) is 27.1. The molecule has 0 saturated carbocycles. The van der Waals surface area contributed by atoms with Crippen LogP contribution in [0.25, 0.3) is 0 Å². The number of hydrogen-bond donors (Lipinski definition) is 4. The van der Waals surface area contributed by atoms with Gasteiger partial charge in [0.2, 0.25) is 0 Å². The Balaban J connectivity index is 1.48. The molecule has 42 heavy (non-hydrogen) atoms. The van der Waals surface area contributed by atoms with Gasteiger partial charge in [0, 0.05) is 42.3 Å². The molecule has 4 rings (SSSR count). The van der Waals surface area contributed by atoms with E-state index in [4.69, 9.17) is 36.5 Å². The van der Waals surface area contributed by atoms with Crippen LogP contribution < -0.4 is 20.9 Å². The van der Waals surface area contributed by atoms with E-state index in [1.807, 2.05) is 4.90 Å².